The van der Waals surface area contributed by atoms with Crippen molar-refractivity contribution < 1.29 is 18.7 Å². The fourth-order valence-corrected chi connectivity index (χ4v) is 4.48. The van der Waals surface area contributed by atoms with Crippen molar-refractivity contribution in [2.75, 3.05) is 6.26 Å². The van der Waals surface area contributed by atoms with Gasteiger partial charge in [0.1, 0.15) is 12.1 Å². The molecule has 0 radical (unpaired) electrons. The molecule has 0 aliphatic heterocycles. The van der Waals surface area contributed by atoms with E-state index in [4.69, 9.17) is 0 Å². The van der Waals surface area contributed by atoms with Gasteiger partial charge in [0.05, 0.1) is 17.6 Å². The number of nitro groups is 1. The predicted molar refractivity (Wildman–Crippen MR) is 139 cm³/mol. The number of nitrogens with zero attached hydrogens (tertiary/aromatic N) is 2. The van der Waals surface area contributed by atoms with Crippen LogP contribution in [0.2, 0.25) is 0 Å². The summed E-state index contributed by atoms with van der Waals surface area (Å²) in [5, 5.41) is 14.7. The van der Waals surface area contributed by atoms with Crippen LogP contribution in [0.4, 0.5) is 10.1 Å². The maximum Gasteiger partial charge on any atom is 0.269 e. The second-order valence-corrected chi connectivity index (χ2v) is 9.57. The quantitative estimate of drug-likeness (QED) is 0.203. The molecule has 1 atom stereocenters. The Kier molecular flexibility index (Phi) is 7.42. The number of hydrogen-bond donors (Lipinski definition) is 1. The van der Waals surface area contributed by atoms with Crippen LogP contribution in [0.25, 0.3) is 17.2 Å². The summed E-state index contributed by atoms with van der Waals surface area (Å²) in [6, 6.07) is 17.6. The maximum absolute atomic E-state index is 14.1. The van der Waals surface area contributed by atoms with Crippen LogP contribution in [0.5, 0.6) is 0 Å². The topological polar surface area (TPSA) is 108 Å². The number of nitro benzene ring substituents is 1. The molecule has 0 saturated heterocycles. The van der Waals surface area contributed by atoms with Gasteiger partial charge in [-0.3, -0.25) is 14.9 Å². The monoisotopic (exact) mass is 503 g/mol. The highest BCUT2D eigenvalue weighted by atomic mass is 32.2. The van der Waals surface area contributed by atoms with Gasteiger partial charge in [-0.25, -0.2) is 9.82 Å². The van der Waals surface area contributed by atoms with Crippen molar-refractivity contribution >= 4 is 46.2 Å². The van der Waals surface area contributed by atoms with Crippen LogP contribution in [0.3, 0.4) is 0 Å². The van der Waals surface area contributed by atoms with Crippen molar-refractivity contribution in [2.45, 2.75) is 18.2 Å². The first kappa shape index (κ1) is 25.0. The van der Waals surface area contributed by atoms with E-state index in [0.29, 0.717) is 16.7 Å². The zero-order chi connectivity index (χ0) is 25.8. The summed E-state index contributed by atoms with van der Waals surface area (Å²) in [7, 11) is 0. The third kappa shape index (κ3) is 5.59. The lowest BCUT2D eigenvalue weighted by molar-refractivity contribution is -0.384. The number of benzene rings is 3. The van der Waals surface area contributed by atoms with Gasteiger partial charge in [-0.1, -0.05) is 6.07 Å². The van der Waals surface area contributed by atoms with E-state index < -0.39 is 21.9 Å². The minimum absolute atomic E-state index is 0.00895. The van der Waals surface area contributed by atoms with Crippen molar-refractivity contribution in [1.29, 1.82) is 0 Å². The van der Waals surface area contributed by atoms with Gasteiger partial charge in [0.25, 0.3) is 5.69 Å². The van der Waals surface area contributed by atoms with E-state index in [1.807, 2.05) is 25.1 Å². The Hall–Kier alpha value is -4.08. The highest BCUT2D eigenvalue weighted by Crippen LogP contribution is 2.43. The molecule has 9 heteroatoms. The first-order valence-electron chi connectivity index (χ1n) is 10.9. The van der Waals surface area contributed by atoms with E-state index in [0.717, 1.165) is 27.2 Å². The van der Waals surface area contributed by atoms with Crippen LogP contribution >= 0.6 is 0 Å². The molecule has 0 saturated carbocycles. The molecule has 1 aliphatic carbocycles. The molecule has 0 fully saturated rings. The summed E-state index contributed by atoms with van der Waals surface area (Å²) in [5.74, 6) is -0.777. The summed E-state index contributed by atoms with van der Waals surface area (Å²) in [6.07, 6.45) is 4.97. The molecule has 36 heavy (non-hydrogen) atoms. The lowest BCUT2D eigenvalue weighted by atomic mass is 10.0. The van der Waals surface area contributed by atoms with Gasteiger partial charge in [-0.15, -0.1) is 0 Å². The third-order valence-corrected chi connectivity index (χ3v) is 6.76. The van der Waals surface area contributed by atoms with Gasteiger partial charge < -0.3 is 4.55 Å². The SMILES string of the molecule is CC1=C(CC(=O)N/N=C\c2ccc([N+](=O)[O-])cc2)c2cc(F)ccc2/C1=C\c1ccc([S+](C)[O-])cc1. The molecule has 1 N–H and O–H groups in total. The standard InChI is InChI=1S/C27H22FN3O4S/c1-17-24(13-18-5-10-22(11-6-18)36(2)35)23-12-7-20(28)14-26(23)25(17)15-27(32)30-29-16-19-3-8-21(9-4-19)31(33)34/h3-14,16H,15H2,1-2H3,(H,30,32)/b24-13-,29-16-. The van der Waals surface area contributed by atoms with Gasteiger partial charge in [-0.05, 0) is 112 Å². The van der Waals surface area contributed by atoms with Gasteiger partial charge in [-0.2, -0.15) is 5.10 Å². The average Bonchev–Trinajstić information content (AvgIpc) is 3.09. The van der Waals surface area contributed by atoms with Crippen LogP contribution in [0.15, 0.2) is 82.3 Å². The van der Waals surface area contributed by atoms with Crippen molar-refractivity contribution in [3.8, 4) is 0 Å². The summed E-state index contributed by atoms with van der Waals surface area (Å²) >= 11 is -1.07. The van der Waals surface area contributed by atoms with Gasteiger partial charge in [0, 0.05) is 12.1 Å². The highest BCUT2D eigenvalue weighted by molar-refractivity contribution is 7.90. The van der Waals surface area contributed by atoms with E-state index in [-0.39, 0.29) is 18.0 Å². The lowest BCUT2D eigenvalue weighted by Crippen LogP contribution is -2.17. The third-order valence-electron chi connectivity index (χ3n) is 5.82. The van der Waals surface area contributed by atoms with E-state index in [1.54, 1.807) is 24.5 Å². The predicted octanol–water partition coefficient (Wildman–Crippen LogP) is 5.34. The molecule has 1 amide bonds. The largest absolute Gasteiger partial charge is 0.612 e. The van der Waals surface area contributed by atoms with Crippen LogP contribution < -0.4 is 5.43 Å². The fraction of sp³-hybridized carbons (Fsp3) is 0.111. The Morgan fingerprint density at radius 2 is 1.72 bits per heavy atom. The van der Waals surface area contributed by atoms with Crippen molar-refractivity contribution in [1.82, 2.24) is 5.43 Å². The smallest absolute Gasteiger partial charge is 0.269 e. The van der Waals surface area contributed by atoms with Crippen LogP contribution in [-0.2, 0) is 16.0 Å². The average molecular weight is 504 g/mol. The van der Waals surface area contributed by atoms with Crippen LogP contribution in [-0.4, -0.2) is 27.9 Å². The summed E-state index contributed by atoms with van der Waals surface area (Å²) in [6.45, 7) is 1.89. The van der Waals surface area contributed by atoms with E-state index in [1.165, 1.54) is 42.6 Å². The normalized spacial score (nSPS) is 14.8. The fourth-order valence-electron chi connectivity index (χ4n) is 3.96. The number of carbonyl (C=O) groups is 1. The van der Waals surface area contributed by atoms with Crippen molar-refractivity contribution in [3.05, 3.63) is 110 Å². The Morgan fingerprint density at radius 1 is 1.06 bits per heavy atom. The molecular formula is C27H22FN3O4S. The number of halogens is 1. The molecule has 0 aromatic heterocycles. The number of rotatable bonds is 7. The Labute approximate surface area is 210 Å². The highest BCUT2D eigenvalue weighted by Gasteiger charge is 2.25. The minimum atomic E-state index is -1.07. The lowest BCUT2D eigenvalue weighted by Gasteiger charge is -2.06. The van der Waals surface area contributed by atoms with E-state index in [9.17, 15) is 23.9 Å². The molecule has 1 unspecified atom stereocenters. The number of amides is 1. The zero-order valence-corrected chi connectivity index (χ0v) is 20.3. The molecule has 0 bridgehead atoms. The second-order valence-electron chi connectivity index (χ2n) is 8.19. The molecule has 7 nitrogen and oxygen atoms in total. The zero-order valence-electron chi connectivity index (χ0n) is 19.5. The first-order chi connectivity index (χ1) is 17.2. The second kappa shape index (κ2) is 10.7. The minimum Gasteiger partial charge on any atom is -0.612 e. The van der Waals surface area contributed by atoms with Gasteiger partial charge >= 0.3 is 0 Å². The maximum atomic E-state index is 14.1. The van der Waals surface area contributed by atoms with Gasteiger partial charge in [0.2, 0.25) is 5.91 Å². The number of hydrogen-bond acceptors (Lipinski definition) is 5. The number of hydrazone groups is 1. The van der Waals surface area contributed by atoms with Gasteiger partial charge in [0.15, 0.2) is 4.90 Å². The molecule has 1 aliphatic rings. The van der Waals surface area contributed by atoms with Crippen molar-refractivity contribution in [3.63, 3.8) is 0 Å². The Morgan fingerprint density at radius 3 is 2.36 bits per heavy atom. The molecular weight excluding hydrogens is 481 g/mol. The Balaban J connectivity index is 1.54. The number of allylic oxidation sites excluding steroid dienone is 2. The van der Waals surface area contributed by atoms with E-state index >= 15 is 0 Å². The molecule has 3 aromatic rings. The summed E-state index contributed by atoms with van der Waals surface area (Å²) < 4.78 is 25.8. The number of fused-ring (bicyclic) bond motifs is 1. The summed E-state index contributed by atoms with van der Waals surface area (Å²) in [5.41, 5.74) is 7.83. The molecule has 0 spiro atoms. The number of nitrogens with one attached hydrogen (secondary N) is 1. The number of carbonyl (C=O) groups excluding carboxylic acids is 1. The molecule has 182 valence electrons. The molecule has 3 aromatic carbocycles. The first-order valence-corrected chi connectivity index (χ1v) is 12.5. The summed E-state index contributed by atoms with van der Waals surface area (Å²) in [4.78, 5) is 23.6. The number of non-ortho nitro benzene ring substituents is 1. The van der Waals surface area contributed by atoms with Crippen LogP contribution in [0.1, 0.15) is 35.6 Å². The van der Waals surface area contributed by atoms with E-state index in [2.05, 4.69) is 10.5 Å². The van der Waals surface area contributed by atoms with Crippen molar-refractivity contribution in [2.24, 2.45) is 5.10 Å². The molecule has 0 heterocycles. The van der Waals surface area contributed by atoms with Crippen LogP contribution in [0, 0.1) is 15.9 Å². The Bertz CT molecular complexity index is 1410. The molecule has 4 rings (SSSR count).